The number of likely N-dealkylation sites (N-methyl/N-ethyl adjacent to an activating group) is 1. The lowest BCUT2D eigenvalue weighted by atomic mass is 10.3. The van der Waals surface area contributed by atoms with E-state index in [1.165, 1.54) is 12.8 Å². The minimum absolute atomic E-state index is 0.980. The number of nitrogens with zero attached hydrogens (tertiary/aromatic N) is 2. The summed E-state index contributed by atoms with van der Waals surface area (Å²) in [6, 6.07) is 0. The van der Waals surface area contributed by atoms with Crippen molar-refractivity contribution in [3.05, 3.63) is 0 Å². The molecule has 0 bridgehead atoms. The van der Waals surface area contributed by atoms with Gasteiger partial charge >= 0.3 is 0 Å². The predicted octanol–water partition coefficient (Wildman–Crippen LogP) is 0.720. The van der Waals surface area contributed by atoms with Crippen molar-refractivity contribution in [3.8, 4) is 0 Å². The molecule has 0 aromatic carbocycles. The first-order valence-electron chi connectivity index (χ1n) is 4.78. The number of rotatable bonds is 4. The van der Waals surface area contributed by atoms with Gasteiger partial charge in [-0.25, -0.2) is 0 Å². The fraction of sp³-hybridized carbons (Fsp3) is 0.889. The summed E-state index contributed by atoms with van der Waals surface area (Å²) in [6.45, 7) is 6.43. The summed E-state index contributed by atoms with van der Waals surface area (Å²) in [6.07, 6.45) is 2.39. The highest BCUT2D eigenvalue weighted by molar-refractivity contribution is 5.84. The van der Waals surface area contributed by atoms with Crippen LogP contribution in [-0.4, -0.2) is 44.0 Å². The number of aliphatic imine (C=N–C) groups is 1. The van der Waals surface area contributed by atoms with Gasteiger partial charge in [-0.3, -0.25) is 9.89 Å². The first kappa shape index (κ1) is 9.52. The molecule has 0 saturated carbocycles. The van der Waals surface area contributed by atoms with Gasteiger partial charge in [0.15, 0.2) is 0 Å². The highest BCUT2D eigenvalue weighted by atomic mass is 15.1. The van der Waals surface area contributed by atoms with Crippen molar-refractivity contribution in [2.45, 2.75) is 19.8 Å². The van der Waals surface area contributed by atoms with Crippen LogP contribution in [0.1, 0.15) is 19.8 Å². The number of amidine groups is 1. The van der Waals surface area contributed by atoms with Crippen LogP contribution >= 0.6 is 0 Å². The summed E-state index contributed by atoms with van der Waals surface area (Å²) >= 11 is 0. The summed E-state index contributed by atoms with van der Waals surface area (Å²) in [5.41, 5.74) is 0. The number of hydrogen-bond acceptors (Lipinski definition) is 3. The lowest BCUT2D eigenvalue weighted by molar-refractivity contribution is 0.376. The van der Waals surface area contributed by atoms with Crippen molar-refractivity contribution < 1.29 is 0 Å². The highest BCUT2D eigenvalue weighted by Gasteiger charge is 2.05. The van der Waals surface area contributed by atoms with Crippen molar-refractivity contribution in [1.29, 1.82) is 0 Å². The zero-order chi connectivity index (χ0) is 8.81. The zero-order valence-electron chi connectivity index (χ0n) is 8.14. The smallest absolute Gasteiger partial charge is 0.111 e. The zero-order valence-corrected chi connectivity index (χ0v) is 8.14. The van der Waals surface area contributed by atoms with Gasteiger partial charge in [-0.2, -0.15) is 0 Å². The van der Waals surface area contributed by atoms with Crippen LogP contribution in [0.15, 0.2) is 4.99 Å². The number of hydrogen-bond donors (Lipinski definition) is 1. The van der Waals surface area contributed by atoms with Crippen molar-refractivity contribution in [2.24, 2.45) is 4.99 Å². The van der Waals surface area contributed by atoms with Crippen molar-refractivity contribution in [3.63, 3.8) is 0 Å². The molecule has 0 fully saturated rings. The Kier molecular flexibility index (Phi) is 4.08. The van der Waals surface area contributed by atoms with Gasteiger partial charge in [-0.05, 0) is 26.4 Å². The molecule has 1 aliphatic rings. The fourth-order valence-electron chi connectivity index (χ4n) is 1.40. The Morgan fingerprint density at radius 2 is 2.42 bits per heavy atom. The minimum atomic E-state index is 0.980. The normalized spacial score (nSPS) is 17.4. The molecule has 0 saturated heterocycles. The lowest BCUT2D eigenvalue weighted by Crippen LogP contribution is -2.38. The van der Waals surface area contributed by atoms with Crippen LogP contribution in [0.5, 0.6) is 0 Å². The van der Waals surface area contributed by atoms with E-state index < -0.39 is 0 Å². The average Bonchev–Trinajstić information content (AvgIpc) is 2.06. The molecule has 0 aliphatic carbocycles. The van der Waals surface area contributed by atoms with Gasteiger partial charge in [-0.15, -0.1) is 0 Å². The third-order valence-corrected chi connectivity index (χ3v) is 1.99. The Morgan fingerprint density at radius 3 is 3.00 bits per heavy atom. The van der Waals surface area contributed by atoms with E-state index in [0.717, 1.165) is 32.0 Å². The summed E-state index contributed by atoms with van der Waals surface area (Å²) < 4.78 is 0. The van der Waals surface area contributed by atoms with Gasteiger partial charge < -0.3 is 5.32 Å². The topological polar surface area (TPSA) is 27.6 Å². The molecular formula is C9H19N3. The van der Waals surface area contributed by atoms with Gasteiger partial charge in [-0.1, -0.05) is 6.92 Å². The van der Waals surface area contributed by atoms with Crippen LogP contribution in [0.25, 0.3) is 0 Å². The Bertz CT molecular complexity index is 154. The molecule has 0 spiro atoms. The van der Waals surface area contributed by atoms with Crippen LogP contribution in [0.3, 0.4) is 0 Å². The monoisotopic (exact) mass is 169 g/mol. The van der Waals surface area contributed by atoms with Gasteiger partial charge in [0.2, 0.25) is 0 Å². The second-order valence-corrected chi connectivity index (χ2v) is 3.35. The minimum Gasteiger partial charge on any atom is -0.373 e. The third-order valence-electron chi connectivity index (χ3n) is 1.99. The lowest BCUT2D eigenvalue weighted by Gasteiger charge is -2.20. The standard InChI is InChI=1S/C9H19N3/c1-3-7-12(2)8-9-10-5-4-6-11-9/h3-8H2,1-2H3,(H,10,11). The second kappa shape index (κ2) is 5.14. The van der Waals surface area contributed by atoms with Gasteiger partial charge in [0, 0.05) is 13.1 Å². The summed E-state index contributed by atoms with van der Waals surface area (Å²) in [4.78, 5) is 6.72. The van der Waals surface area contributed by atoms with Crippen molar-refractivity contribution in [2.75, 3.05) is 33.2 Å². The maximum absolute atomic E-state index is 4.42. The van der Waals surface area contributed by atoms with Crippen molar-refractivity contribution >= 4 is 5.84 Å². The molecule has 1 heterocycles. The van der Waals surface area contributed by atoms with E-state index in [1.54, 1.807) is 0 Å². The van der Waals surface area contributed by atoms with E-state index >= 15 is 0 Å². The molecule has 0 aromatic heterocycles. The molecule has 1 aliphatic heterocycles. The average molecular weight is 169 g/mol. The molecule has 70 valence electrons. The van der Waals surface area contributed by atoms with Gasteiger partial charge in [0.05, 0.1) is 6.54 Å². The third kappa shape index (κ3) is 3.22. The molecular weight excluding hydrogens is 150 g/mol. The number of nitrogens with one attached hydrogen (secondary N) is 1. The molecule has 1 rings (SSSR count). The van der Waals surface area contributed by atoms with Crippen LogP contribution < -0.4 is 5.32 Å². The van der Waals surface area contributed by atoms with Crippen LogP contribution in [0.2, 0.25) is 0 Å². The van der Waals surface area contributed by atoms with Crippen LogP contribution in [0.4, 0.5) is 0 Å². The fourth-order valence-corrected chi connectivity index (χ4v) is 1.40. The van der Waals surface area contributed by atoms with E-state index in [9.17, 15) is 0 Å². The van der Waals surface area contributed by atoms with E-state index in [2.05, 4.69) is 29.2 Å². The maximum Gasteiger partial charge on any atom is 0.111 e. The quantitative estimate of drug-likeness (QED) is 0.671. The molecule has 3 heteroatoms. The highest BCUT2D eigenvalue weighted by Crippen LogP contribution is 1.92. The first-order valence-corrected chi connectivity index (χ1v) is 4.78. The maximum atomic E-state index is 4.42. The molecule has 1 N–H and O–H groups in total. The van der Waals surface area contributed by atoms with E-state index in [0.29, 0.717) is 0 Å². The first-order chi connectivity index (χ1) is 5.83. The van der Waals surface area contributed by atoms with Gasteiger partial charge in [0.25, 0.3) is 0 Å². The van der Waals surface area contributed by atoms with E-state index in [4.69, 9.17) is 0 Å². The van der Waals surface area contributed by atoms with E-state index in [-0.39, 0.29) is 0 Å². The molecule has 0 atom stereocenters. The largest absolute Gasteiger partial charge is 0.373 e. The Labute approximate surface area is 74.9 Å². The molecule has 0 amide bonds. The van der Waals surface area contributed by atoms with Crippen LogP contribution in [-0.2, 0) is 0 Å². The Balaban J connectivity index is 2.24. The van der Waals surface area contributed by atoms with Gasteiger partial charge in [0.1, 0.15) is 5.84 Å². The molecule has 0 unspecified atom stereocenters. The SMILES string of the molecule is CCCN(C)CC1=NCCCN1. The molecule has 0 radical (unpaired) electrons. The molecule has 12 heavy (non-hydrogen) atoms. The van der Waals surface area contributed by atoms with Crippen LogP contribution in [0, 0.1) is 0 Å². The predicted molar refractivity (Wildman–Crippen MR) is 52.7 cm³/mol. The van der Waals surface area contributed by atoms with Crippen molar-refractivity contribution in [1.82, 2.24) is 10.2 Å². The Morgan fingerprint density at radius 1 is 1.58 bits per heavy atom. The Hall–Kier alpha value is -0.570. The molecule has 0 aromatic rings. The summed E-state index contributed by atoms with van der Waals surface area (Å²) in [5, 5.41) is 3.32. The molecule has 3 nitrogen and oxygen atoms in total. The summed E-state index contributed by atoms with van der Waals surface area (Å²) in [5.74, 6) is 1.16. The second-order valence-electron chi connectivity index (χ2n) is 3.35. The van der Waals surface area contributed by atoms with E-state index in [1.807, 2.05) is 0 Å². The summed E-state index contributed by atoms with van der Waals surface area (Å²) in [7, 11) is 2.14.